The SMILES string of the molecule is CN(C)CC(O)CNc1ccc(Br)cc1Cl. The number of nitrogens with one attached hydrogen (secondary N) is 1. The number of anilines is 1. The second-order valence-electron chi connectivity index (χ2n) is 3.92. The second kappa shape index (κ2) is 6.45. The molecule has 5 heteroatoms. The summed E-state index contributed by atoms with van der Waals surface area (Å²) in [5.41, 5.74) is 0.836. The van der Waals surface area contributed by atoms with Gasteiger partial charge in [-0.15, -0.1) is 0 Å². The molecule has 2 N–H and O–H groups in total. The van der Waals surface area contributed by atoms with Crippen molar-refractivity contribution in [2.75, 3.05) is 32.5 Å². The van der Waals surface area contributed by atoms with Gasteiger partial charge < -0.3 is 15.3 Å². The zero-order valence-electron chi connectivity index (χ0n) is 9.37. The van der Waals surface area contributed by atoms with E-state index in [2.05, 4.69) is 21.2 Å². The molecule has 1 atom stereocenters. The van der Waals surface area contributed by atoms with E-state index in [9.17, 15) is 5.11 Å². The molecule has 0 heterocycles. The molecule has 0 spiro atoms. The number of rotatable bonds is 5. The van der Waals surface area contributed by atoms with Crippen molar-refractivity contribution in [3.05, 3.63) is 27.7 Å². The van der Waals surface area contributed by atoms with Crippen LogP contribution < -0.4 is 5.32 Å². The molecule has 0 fully saturated rings. The number of aliphatic hydroxyl groups excluding tert-OH is 1. The standard InChI is InChI=1S/C11H16BrClN2O/c1-15(2)7-9(16)6-14-11-4-3-8(12)5-10(11)13/h3-5,9,14,16H,6-7H2,1-2H3. The predicted molar refractivity (Wildman–Crippen MR) is 72.2 cm³/mol. The lowest BCUT2D eigenvalue weighted by Gasteiger charge is -2.17. The van der Waals surface area contributed by atoms with Gasteiger partial charge in [-0.25, -0.2) is 0 Å². The quantitative estimate of drug-likeness (QED) is 0.877. The summed E-state index contributed by atoms with van der Waals surface area (Å²) in [4.78, 5) is 1.94. The Bertz CT molecular complexity index is 347. The number of benzene rings is 1. The van der Waals surface area contributed by atoms with Crippen LogP contribution in [-0.2, 0) is 0 Å². The van der Waals surface area contributed by atoms with Crippen LogP contribution in [0.25, 0.3) is 0 Å². The molecule has 0 aromatic heterocycles. The molecule has 16 heavy (non-hydrogen) atoms. The number of nitrogens with zero attached hydrogens (tertiary/aromatic N) is 1. The zero-order valence-corrected chi connectivity index (χ0v) is 11.7. The molecule has 90 valence electrons. The molecule has 1 aromatic rings. The van der Waals surface area contributed by atoms with Gasteiger partial charge in [0.2, 0.25) is 0 Å². The van der Waals surface area contributed by atoms with Gasteiger partial charge in [0.25, 0.3) is 0 Å². The Morgan fingerprint density at radius 2 is 2.19 bits per heavy atom. The molecule has 0 amide bonds. The van der Waals surface area contributed by atoms with Gasteiger partial charge in [-0.3, -0.25) is 0 Å². The molecular formula is C11H16BrClN2O. The molecule has 1 aromatic carbocycles. The van der Waals surface area contributed by atoms with Crippen LogP contribution in [0.4, 0.5) is 5.69 Å². The van der Waals surface area contributed by atoms with Crippen molar-refractivity contribution < 1.29 is 5.11 Å². The van der Waals surface area contributed by atoms with Crippen LogP contribution in [0.5, 0.6) is 0 Å². The molecule has 0 saturated heterocycles. The van der Waals surface area contributed by atoms with Crippen LogP contribution in [0.15, 0.2) is 22.7 Å². The second-order valence-corrected chi connectivity index (χ2v) is 5.24. The van der Waals surface area contributed by atoms with Crippen molar-refractivity contribution in [1.82, 2.24) is 4.90 Å². The first-order valence-corrected chi connectivity index (χ1v) is 6.18. The largest absolute Gasteiger partial charge is 0.390 e. The van der Waals surface area contributed by atoms with Crippen LogP contribution in [-0.4, -0.2) is 43.3 Å². The van der Waals surface area contributed by atoms with Crippen molar-refractivity contribution in [2.24, 2.45) is 0 Å². The Hall–Kier alpha value is -0.290. The molecule has 1 rings (SSSR count). The molecule has 0 aliphatic carbocycles. The van der Waals surface area contributed by atoms with Gasteiger partial charge in [-0.05, 0) is 32.3 Å². The minimum Gasteiger partial charge on any atom is -0.390 e. The fraction of sp³-hybridized carbons (Fsp3) is 0.455. The molecule has 0 radical (unpaired) electrons. The van der Waals surface area contributed by atoms with Crippen LogP contribution >= 0.6 is 27.5 Å². The average molecular weight is 308 g/mol. The molecule has 0 saturated carbocycles. The van der Waals surface area contributed by atoms with Gasteiger partial charge in [0, 0.05) is 17.6 Å². The van der Waals surface area contributed by atoms with Gasteiger partial charge in [-0.2, -0.15) is 0 Å². The maximum absolute atomic E-state index is 9.67. The summed E-state index contributed by atoms with van der Waals surface area (Å²) < 4.78 is 0.942. The zero-order chi connectivity index (χ0) is 12.1. The minimum atomic E-state index is -0.408. The van der Waals surface area contributed by atoms with Crippen molar-refractivity contribution in [3.8, 4) is 0 Å². The lowest BCUT2D eigenvalue weighted by Crippen LogP contribution is -2.31. The number of hydrogen-bond donors (Lipinski definition) is 2. The Morgan fingerprint density at radius 3 is 2.75 bits per heavy atom. The smallest absolute Gasteiger partial charge is 0.0838 e. The van der Waals surface area contributed by atoms with E-state index in [1.807, 2.05) is 37.2 Å². The van der Waals surface area contributed by atoms with Crippen LogP contribution in [0.1, 0.15) is 0 Å². The summed E-state index contributed by atoms with van der Waals surface area (Å²) in [5, 5.41) is 13.4. The summed E-state index contributed by atoms with van der Waals surface area (Å²) in [6, 6.07) is 5.61. The highest BCUT2D eigenvalue weighted by molar-refractivity contribution is 9.10. The highest BCUT2D eigenvalue weighted by Gasteiger charge is 2.06. The van der Waals surface area contributed by atoms with E-state index in [1.165, 1.54) is 0 Å². The van der Waals surface area contributed by atoms with E-state index in [1.54, 1.807) is 0 Å². The number of halogens is 2. The van der Waals surface area contributed by atoms with Gasteiger partial charge in [-0.1, -0.05) is 27.5 Å². The first-order chi connectivity index (χ1) is 7.49. The van der Waals surface area contributed by atoms with Crippen molar-refractivity contribution in [3.63, 3.8) is 0 Å². The summed E-state index contributed by atoms with van der Waals surface area (Å²) in [7, 11) is 3.85. The first-order valence-electron chi connectivity index (χ1n) is 5.00. The summed E-state index contributed by atoms with van der Waals surface area (Å²) >= 11 is 9.37. The molecule has 3 nitrogen and oxygen atoms in total. The van der Waals surface area contributed by atoms with Gasteiger partial charge in [0.1, 0.15) is 0 Å². The molecule has 0 aliphatic rings. The van der Waals surface area contributed by atoms with Gasteiger partial charge in [0.05, 0.1) is 16.8 Å². The first kappa shape index (κ1) is 13.8. The number of hydrogen-bond acceptors (Lipinski definition) is 3. The number of likely N-dealkylation sites (N-methyl/N-ethyl adjacent to an activating group) is 1. The van der Waals surface area contributed by atoms with Crippen molar-refractivity contribution in [1.29, 1.82) is 0 Å². The van der Waals surface area contributed by atoms with E-state index < -0.39 is 6.10 Å². The van der Waals surface area contributed by atoms with Crippen LogP contribution in [0.3, 0.4) is 0 Å². The van der Waals surface area contributed by atoms with Gasteiger partial charge >= 0.3 is 0 Å². The van der Waals surface area contributed by atoms with E-state index in [0.717, 1.165) is 10.2 Å². The maximum atomic E-state index is 9.67. The fourth-order valence-electron chi connectivity index (χ4n) is 1.35. The van der Waals surface area contributed by atoms with E-state index in [-0.39, 0.29) is 0 Å². The lowest BCUT2D eigenvalue weighted by molar-refractivity contribution is 0.148. The molecule has 0 bridgehead atoms. The fourth-order valence-corrected chi connectivity index (χ4v) is 2.09. The maximum Gasteiger partial charge on any atom is 0.0838 e. The van der Waals surface area contributed by atoms with Gasteiger partial charge in [0.15, 0.2) is 0 Å². The van der Waals surface area contributed by atoms with E-state index in [4.69, 9.17) is 11.6 Å². The third-order valence-electron chi connectivity index (χ3n) is 2.04. The third-order valence-corrected chi connectivity index (χ3v) is 2.84. The Balaban J connectivity index is 2.48. The highest BCUT2D eigenvalue weighted by Crippen LogP contribution is 2.25. The molecule has 1 unspecified atom stereocenters. The Morgan fingerprint density at radius 1 is 1.50 bits per heavy atom. The summed E-state index contributed by atoms with van der Waals surface area (Å²) in [5.74, 6) is 0. The molecular weight excluding hydrogens is 291 g/mol. The van der Waals surface area contributed by atoms with Crippen LogP contribution in [0.2, 0.25) is 5.02 Å². The minimum absolute atomic E-state index is 0.408. The average Bonchev–Trinajstić information content (AvgIpc) is 2.15. The van der Waals surface area contributed by atoms with E-state index >= 15 is 0 Å². The Labute approximate surface area is 110 Å². The summed E-state index contributed by atoms with van der Waals surface area (Å²) in [6.07, 6.45) is -0.408. The monoisotopic (exact) mass is 306 g/mol. The third kappa shape index (κ3) is 4.70. The van der Waals surface area contributed by atoms with E-state index in [0.29, 0.717) is 18.1 Å². The predicted octanol–water partition coefficient (Wildman–Crippen LogP) is 2.44. The molecule has 0 aliphatic heterocycles. The van der Waals surface area contributed by atoms with Crippen LogP contribution in [0, 0.1) is 0 Å². The topological polar surface area (TPSA) is 35.5 Å². The highest BCUT2D eigenvalue weighted by atomic mass is 79.9. The normalized spacial score (nSPS) is 12.9. The number of aliphatic hydroxyl groups is 1. The Kier molecular flexibility index (Phi) is 5.55. The summed E-state index contributed by atoms with van der Waals surface area (Å²) in [6.45, 7) is 1.11. The van der Waals surface area contributed by atoms with Crippen molar-refractivity contribution >= 4 is 33.2 Å². The van der Waals surface area contributed by atoms with Crippen molar-refractivity contribution in [2.45, 2.75) is 6.10 Å². The lowest BCUT2D eigenvalue weighted by atomic mass is 10.3.